The maximum absolute atomic E-state index is 13.5. The molecule has 1 fully saturated rings. The molecule has 1 aliphatic rings. The third-order valence-corrected chi connectivity index (χ3v) is 6.30. The van der Waals surface area contributed by atoms with Crippen LogP contribution in [-0.2, 0) is 0 Å². The van der Waals surface area contributed by atoms with Crippen molar-refractivity contribution in [2.75, 3.05) is 39.8 Å². The summed E-state index contributed by atoms with van der Waals surface area (Å²) in [4.78, 5) is 17.8. The Morgan fingerprint density at radius 2 is 1.71 bits per heavy atom. The van der Waals surface area contributed by atoms with Gasteiger partial charge in [-0.2, -0.15) is 0 Å². The third kappa shape index (κ3) is 4.21. The van der Waals surface area contributed by atoms with Crippen LogP contribution in [0, 0.1) is 6.92 Å². The van der Waals surface area contributed by atoms with Crippen LogP contribution < -0.4 is 4.74 Å². The highest BCUT2D eigenvalue weighted by Crippen LogP contribution is 2.34. The molecule has 0 aliphatic carbocycles. The maximum Gasteiger partial charge on any atom is 0.255 e. The monoisotopic (exact) mass is 437 g/mol. The van der Waals surface area contributed by atoms with Gasteiger partial charge in [0.05, 0.1) is 24.1 Å². The smallest absolute Gasteiger partial charge is 0.255 e. The third-order valence-electron chi connectivity index (χ3n) is 6.05. The Bertz CT molecular complexity index is 1070. The second kappa shape index (κ2) is 9.16. The molecule has 6 heteroatoms. The van der Waals surface area contributed by atoms with Crippen molar-refractivity contribution < 1.29 is 9.53 Å². The molecule has 0 bridgehead atoms. The molecule has 0 radical (unpaired) electrons. The molecule has 1 aliphatic heterocycles. The van der Waals surface area contributed by atoms with E-state index in [0.717, 1.165) is 66.7 Å². The first-order valence-corrected chi connectivity index (χ1v) is 11.0. The standard InChI is InChI=1S/C25H28ClN3O2/c1-4-27-13-15-28(16-14-27)25(30)21-17-23(19-9-11-20(26)12-10-19)29(18(21)2)22-7-5-6-8-24(22)31-3/h5-12,17H,4,13-16H2,1-3H3. The van der Waals surface area contributed by atoms with Crippen LogP contribution in [0.15, 0.2) is 54.6 Å². The van der Waals surface area contributed by atoms with Gasteiger partial charge in [0.25, 0.3) is 5.91 Å². The molecule has 0 saturated carbocycles. The molecule has 0 atom stereocenters. The molecular formula is C25H28ClN3O2. The van der Waals surface area contributed by atoms with Gasteiger partial charge in [0, 0.05) is 36.9 Å². The number of rotatable bonds is 5. The number of halogens is 1. The minimum absolute atomic E-state index is 0.0807. The summed E-state index contributed by atoms with van der Waals surface area (Å²) in [5, 5.41) is 0.681. The van der Waals surface area contributed by atoms with Crippen LogP contribution in [0.5, 0.6) is 5.75 Å². The van der Waals surface area contributed by atoms with Crippen molar-refractivity contribution in [1.82, 2.24) is 14.4 Å². The molecule has 1 amide bonds. The van der Waals surface area contributed by atoms with E-state index in [1.807, 2.05) is 66.4 Å². The van der Waals surface area contributed by atoms with Gasteiger partial charge in [0.2, 0.25) is 0 Å². The second-order valence-corrected chi connectivity index (χ2v) is 8.21. The molecule has 3 aromatic rings. The van der Waals surface area contributed by atoms with Crippen LogP contribution in [-0.4, -0.2) is 60.1 Å². The largest absolute Gasteiger partial charge is 0.495 e. The van der Waals surface area contributed by atoms with Crippen molar-refractivity contribution in [3.63, 3.8) is 0 Å². The Labute approximate surface area is 188 Å². The Balaban J connectivity index is 1.81. The highest BCUT2D eigenvalue weighted by molar-refractivity contribution is 6.30. The van der Waals surface area contributed by atoms with Gasteiger partial charge in [-0.25, -0.2) is 0 Å². The molecule has 2 heterocycles. The van der Waals surface area contributed by atoms with Crippen LogP contribution in [0.3, 0.4) is 0 Å². The van der Waals surface area contributed by atoms with Crippen molar-refractivity contribution in [2.45, 2.75) is 13.8 Å². The van der Waals surface area contributed by atoms with E-state index >= 15 is 0 Å². The zero-order valence-electron chi connectivity index (χ0n) is 18.3. The van der Waals surface area contributed by atoms with Gasteiger partial charge in [-0.1, -0.05) is 42.8 Å². The summed E-state index contributed by atoms with van der Waals surface area (Å²) in [6.45, 7) is 8.52. The first-order chi connectivity index (χ1) is 15.0. The lowest BCUT2D eigenvalue weighted by Gasteiger charge is -2.34. The topological polar surface area (TPSA) is 37.7 Å². The second-order valence-electron chi connectivity index (χ2n) is 7.77. The molecule has 31 heavy (non-hydrogen) atoms. The normalized spacial score (nSPS) is 14.6. The number of benzene rings is 2. The quantitative estimate of drug-likeness (QED) is 0.570. The SMILES string of the molecule is CCN1CCN(C(=O)c2cc(-c3ccc(Cl)cc3)n(-c3ccccc3OC)c2C)CC1. The molecule has 0 spiro atoms. The van der Waals surface area contributed by atoms with E-state index < -0.39 is 0 Å². The van der Waals surface area contributed by atoms with E-state index in [4.69, 9.17) is 16.3 Å². The fraction of sp³-hybridized carbons (Fsp3) is 0.320. The number of methoxy groups -OCH3 is 1. The van der Waals surface area contributed by atoms with Crippen molar-refractivity contribution in [3.8, 4) is 22.7 Å². The zero-order chi connectivity index (χ0) is 22.0. The minimum Gasteiger partial charge on any atom is -0.495 e. The van der Waals surface area contributed by atoms with Crippen molar-refractivity contribution in [2.24, 2.45) is 0 Å². The number of hydrogen-bond donors (Lipinski definition) is 0. The van der Waals surface area contributed by atoms with E-state index in [0.29, 0.717) is 5.02 Å². The summed E-state index contributed by atoms with van der Waals surface area (Å²) in [5.41, 5.74) is 4.46. The van der Waals surface area contributed by atoms with Crippen molar-refractivity contribution in [1.29, 1.82) is 0 Å². The molecular weight excluding hydrogens is 410 g/mol. The lowest BCUT2D eigenvalue weighted by atomic mass is 10.1. The van der Waals surface area contributed by atoms with Gasteiger partial charge in [0.1, 0.15) is 5.75 Å². The Kier molecular flexibility index (Phi) is 6.35. The molecule has 162 valence electrons. The molecule has 2 aromatic carbocycles. The molecule has 0 unspecified atom stereocenters. The lowest BCUT2D eigenvalue weighted by Crippen LogP contribution is -2.48. The first-order valence-electron chi connectivity index (χ1n) is 10.7. The Morgan fingerprint density at radius 1 is 1.03 bits per heavy atom. The average Bonchev–Trinajstić information content (AvgIpc) is 3.15. The number of aromatic nitrogens is 1. The Hall–Kier alpha value is -2.76. The number of carbonyl (C=O) groups is 1. The van der Waals surface area contributed by atoms with E-state index in [-0.39, 0.29) is 5.91 Å². The molecule has 5 nitrogen and oxygen atoms in total. The van der Waals surface area contributed by atoms with Gasteiger partial charge in [-0.3, -0.25) is 4.79 Å². The van der Waals surface area contributed by atoms with E-state index in [9.17, 15) is 4.79 Å². The minimum atomic E-state index is 0.0807. The number of ether oxygens (including phenoxy) is 1. The molecule has 1 saturated heterocycles. The highest BCUT2D eigenvalue weighted by atomic mass is 35.5. The number of hydrogen-bond acceptors (Lipinski definition) is 3. The predicted octanol–water partition coefficient (Wildman–Crippen LogP) is 4.89. The fourth-order valence-electron chi connectivity index (χ4n) is 4.22. The van der Waals surface area contributed by atoms with Gasteiger partial charge in [-0.15, -0.1) is 0 Å². The van der Waals surface area contributed by atoms with Crippen molar-refractivity contribution >= 4 is 17.5 Å². The summed E-state index contributed by atoms with van der Waals surface area (Å²) in [7, 11) is 1.67. The zero-order valence-corrected chi connectivity index (χ0v) is 19.0. The number of likely N-dealkylation sites (N-methyl/N-ethyl adjacent to an activating group) is 1. The van der Waals surface area contributed by atoms with E-state index in [1.165, 1.54) is 0 Å². The predicted molar refractivity (Wildman–Crippen MR) is 126 cm³/mol. The number of carbonyl (C=O) groups excluding carboxylic acids is 1. The molecule has 4 rings (SSSR count). The van der Waals surface area contributed by atoms with Crippen LogP contribution in [0.4, 0.5) is 0 Å². The van der Waals surface area contributed by atoms with Gasteiger partial charge in [-0.05, 0) is 49.4 Å². The highest BCUT2D eigenvalue weighted by Gasteiger charge is 2.26. The van der Waals surface area contributed by atoms with Gasteiger partial charge >= 0.3 is 0 Å². The number of amides is 1. The van der Waals surface area contributed by atoms with Crippen molar-refractivity contribution in [3.05, 3.63) is 70.9 Å². The van der Waals surface area contributed by atoms with Crippen LogP contribution in [0.1, 0.15) is 23.0 Å². The summed E-state index contributed by atoms with van der Waals surface area (Å²) in [5.74, 6) is 0.837. The number of para-hydroxylation sites is 2. The lowest BCUT2D eigenvalue weighted by molar-refractivity contribution is 0.0642. The van der Waals surface area contributed by atoms with Crippen LogP contribution in [0.25, 0.3) is 16.9 Å². The average molecular weight is 438 g/mol. The number of nitrogens with zero attached hydrogens (tertiary/aromatic N) is 3. The summed E-state index contributed by atoms with van der Waals surface area (Å²) < 4.78 is 7.74. The molecule has 1 aromatic heterocycles. The van der Waals surface area contributed by atoms with E-state index in [2.05, 4.69) is 16.4 Å². The number of piperazine rings is 1. The summed E-state index contributed by atoms with van der Waals surface area (Å²) in [6, 6.07) is 17.6. The Morgan fingerprint density at radius 3 is 2.35 bits per heavy atom. The van der Waals surface area contributed by atoms with Gasteiger partial charge in [0.15, 0.2) is 0 Å². The fourth-order valence-corrected chi connectivity index (χ4v) is 4.34. The van der Waals surface area contributed by atoms with E-state index in [1.54, 1.807) is 7.11 Å². The summed E-state index contributed by atoms with van der Waals surface area (Å²) >= 11 is 6.12. The van der Waals surface area contributed by atoms with Crippen LogP contribution in [0.2, 0.25) is 5.02 Å². The molecule has 0 N–H and O–H groups in total. The first kappa shape index (κ1) is 21.5. The van der Waals surface area contributed by atoms with Crippen LogP contribution >= 0.6 is 11.6 Å². The van der Waals surface area contributed by atoms with Gasteiger partial charge < -0.3 is 19.1 Å². The summed E-state index contributed by atoms with van der Waals surface area (Å²) in [6.07, 6.45) is 0. The maximum atomic E-state index is 13.5.